The molecule has 0 saturated heterocycles. The van der Waals surface area contributed by atoms with Crippen molar-refractivity contribution >= 4 is 5.69 Å². The second-order valence-electron chi connectivity index (χ2n) is 4.83. The minimum absolute atomic E-state index is 0.0523. The number of hydrogen-bond acceptors (Lipinski definition) is 5. The van der Waals surface area contributed by atoms with E-state index in [1.54, 1.807) is 17.7 Å². The Labute approximate surface area is 122 Å². The molecule has 0 amide bonds. The molecular weight excluding hydrogens is 272 g/mol. The van der Waals surface area contributed by atoms with Gasteiger partial charge < -0.3 is 10.1 Å². The molecule has 112 valence electrons. The van der Waals surface area contributed by atoms with Gasteiger partial charge in [-0.15, -0.1) is 0 Å². The maximum atomic E-state index is 10.8. The number of hydrogen-bond donors (Lipinski definition) is 1. The molecule has 1 aromatic carbocycles. The first kappa shape index (κ1) is 15.0. The molecule has 0 radical (unpaired) electrons. The van der Waals surface area contributed by atoms with E-state index in [1.807, 2.05) is 21.0 Å². The Morgan fingerprint density at radius 3 is 2.71 bits per heavy atom. The quantitative estimate of drug-likeness (QED) is 0.675. The molecule has 7 nitrogen and oxygen atoms in total. The largest absolute Gasteiger partial charge is 0.439 e. The molecule has 0 aliphatic carbocycles. The summed E-state index contributed by atoms with van der Waals surface area (Å²) in [7, 11) is 3.66. The first-order chi connectivity index (χ1) is 9.93. The summed E-state index contributed by atoms with van der Waals surface area (Å²) in [6, 6.07) is 4.54. The molecule has 0 aliphatic rings. The van der Waals surface area contributed by atoms with Crippen molar-refractivity contribution in [1.82, 2.24) is 15.1 Å². The molecule has 1 N–H and O–H groups in total. The number of aromatic nitrogens is 2. The van der Waals surface area contributed by atoms with E-state index < -0.39 is 4.92 Å². The number of aryl methyl sites for hydroxylation is 3. The molecule has 0 bridgehead atoms. The third kappa shape index (κ3) is 3.03. The van der Waals surface area contributed by atoms with E-state index in [-0.39, 0.29) is 5.69 Å². The lowest BCUT2D eigenvalue weighted by molar-refractivity contribution is -0.384. The molecule has 1 aromatic heterocycles. The molecule has 0 fully saturated rings. The van der Waals surface area contributed by atoms with E-state index in [1.165, 1.54) is 12.1 Å². The van der Waals surface area contributed by atoms with Gasteiger partial charge in [-0.1, -0.05) is 0 Å². The maximum absolute atomic E-state index is 10.8. The Morgan fingerprint density at radius 2 is 2.14 bits per heavy atom. The van der Waals surface area contributed by atoms with Crippen LogP contribution in [0.3, 0.4) is 0 Å². The van der Waals surface area contributed by atoms with E-state index in [0.29, 0.717) is 23.7 Å². The molecular formula is C14H18N4O3. The van der Waals surface area contributed by atoms with Gasteiger partial charge in [-0.3, -0.25) is 10.1 Å². The van der Waals surface area contributed by atoms with Crippen molar-refractivity contribution in [3.63, 3.8) is 0 Å². The standard InChI is InChI=1S/C14H18N4O3/c1-9-7-11(18(19)20)5-6-13(9)21-14-12(8-15-3)10(2)16-17(14)4/h5-7,15H,8H2,1-4H3. The van der Waals surface area contributed by atoms with Crippen molar-refractivity contribution in [2.45, 2.75) is 20.4 Å². The van der Waals surface area contributed by atoms with Crippen LogP contribution in [0, 0.1) is 24.0 Å². The van der Waals surface area contributed by atoms with Crippen LogP contribution in [0.15, 0.2) is 18.2 Å². The van der Waals surface area contributed by atoms with Gasteiger partial charge in [0.1, 0.15) is 5.75 Å². The summed E-state index contributed by atoms with van der Waals surface area (Å²) < 4.78 is 7.59. The normalized spacial score (nSPS) is 10.7. The summed E-state index contributed by atoms with van der Waals surface area (Å²) in [5.41, 5.74) is 2.62. The molecule has 0 aliphatic heterocycles. The van der Waals surface area contributed by atoms with Crippen molar-refractivity contribution in [1.29, 1.82) is 0 Å². The predicted molar refractivity (Wildman–Crippen MR) is 78.6 cm³/mol. The third-order valence-corrected chi connectivity index (χ3v) is 3.22. The molecule has 21 heavy (non-hydrogen) atoms. The van der Waals surface area contributed by atoms with Crippen molar-refractivity contribution in [2.24, 2.45) is 7.05 Å². The first-order valence-electron chi connectivity index (χ1n) is 6.54. The van der Waals surface area contributed by atoms with Gasteiger partial charge in [0, 0.05) is 25.7 Å². The van der Waals surface area contributed by atoms with Gasteiger partial charge in [-0.25, -0.2) is 4.68 Å². The number of benzene rings is 1. The van der Waals surface area contributed by atoms with E-state index in [0.717, 1.165) is 11.3 Å². The number of nitrogens with zero attached hydrogens (tertiary/aromatic N) is 3. The van der Waals surface area contributed by atoms with Crippen LogP contribution in [0.25, 0.3) is 0 Å². The Morgan fingerprint density at radius 1 is 1.43 bits per heavy atom. The lowest BCUT2D eigenvalue weighted by atomic mass is 10.2. The lowest BCUT2D eigenvalue weighted by Crippen LogP contribution is -2.07. The van der Waals surface area contributed by atoms with Gasteiger partial charge in [-0.2, -0.15) is 5.10 Å². The minimum atomic E-state index is -0.419. The average molecular weight is 290 g/mol. The Bertz CT molecular complexity index is 679. The number of ether oxygens (including phenoxy) is 1. The topological polar surface area (TPSA) is 82.2 Å². The van der Waals surface area contributed by atoms with E-state index >= 15 is 0 Å². The van der Waals surface area contributed by atoms with Crippen LogP contribution in [0.4, 0.5) is 5.69 Å². The van der Waals surface area contributed by atoms with E-state index in [2.05, 4.69) is 10.4 Å². The van der Waals surface area contributed by atoms with Gasteiger partial charge in [0.15, 0.2) is 0 Å². The van der Waals surface area contributed by atoms with Crippen LogP contribution in [-0.4, -0.2) is 21.8 Å². The molecule has 2 rings (SSSR count). The maximum Gasteiger partial charge on any atom is 0.269 e. The fourth-order valence-electron chi connectivity index (χ4n) is 2.15. The van der Waals surface area contributed by atoms with Crippen LogP contribution >= 0.6 is 0 Å². The molecule has 1 heterocycles. The van der Waals surface area contributed by atoms with Crippen molar-refractivity contribution in [3.8, 4) is 11.6 Å². The number of rotatable bonds is 5. The highest BCUT2D eigenvalue weighted by atomic mass is 16.6. The first-order valence-corrected chi connectivity index (χ1v) is 6.54. The zero-order chi connectivity index (χ0) is 15.6. The molecule has 2 aromatic rings. The molecule has 7 heteroatoms. The number of nitro benzene ring substituents is 1. The Kier molecular flexibility index (Phi) is 4.23. The molecule has 0 spiro atoms. The second-order valence-corrected chi connectivity index (χ2v) is 4.83. The van der Waals surface area contributed by atoms with E-state index in [4.69, 9.17) is 4.74 Å². The number of nitro groups is 1. The van der Waals surface area contributed by atoms with Gasteiger partial charge >= 0.3 is 0 Å². The number of non-ortho nitro benzene ring substituents is 1. The second kappa shape index (κ2) is 5.92. The van der Waals surface area contributed by atoms with E-state index in [9.17, 15) is 10.1 Å². The lowest BCUT2D eigenvalue weighted by Gasteiger charge is -2.10. The fraction of sp³-hybridized carbons (Fsp3) is 0.357. The van der Waals surface area contributed by atoms with Gasteiger partial charge in [-0.05, 0) is 32.5 Å². The summed E-state index contributed by atoms with van der Waals surface area (Å²) in [6.07, 6.45) is 0. The van der Waals surface area contributed by atoms with Gasteiger partial charge in [0.2, 0.25) is 5.88 Å². The average Bonchev–Trinajstić information content (AvgIpc) is 2.68. The number of nitrogens with one attached hydrogen (secondary N) is 1. The van der Waals surface area contributed by atoms with Crippen molar-refractivity contribution in [3.05, 3.63) is 45.1 Å². The molecule has 0 saturated carbocycles. The summed E-state index contributed by atoms with van der Waals surface area (Å²) in [5.74, 6) is 1.22. The smallest absolute Gasteiger partial charge is 0.269 e. The van der Waals surface area contributed by atoms with Crippen LogP contribution < -0.4 is 10.1 Å². The monoisotopic (exact) mass is 290 g/mol. The SMILES string of the molecule is CNCc1c(C)nn(C)c1Oc1ccc([N+](=O)[O-])cc1C. The Balaban J connectivity index is 2.36. The zero-order valence-corrected chi connectivity index (χ0v) is 12.5. The zero-order valence-electron chi connectivity index (χ0n) is 12.5. The highest BCUT2D eigenvalue weighted by molar-refractivity contribution is 5.45. The molecule has 0 unspecified atom stereocenters. The highest BCUT2D eigenvalue weighted by Gasteiger charge is 2.16. The summed E-state index contributed by atoms with van der Waals surface area (Å²) in [5, 5.41) is 18.2. The highest BCUT2D eigenvalue weighted by Crippen LogP contribution is 2.31. The van der Waals surface area contributed by atoms with Crippen LogP contribution in [0.5, 0.6) is 11.6 Å². The van der Waals surface area contributed by atoms with Crippen molar-refractivity contribution < 1.29 is 9.66 Å². The summed E-state index contributed by atoms with van der Waals surface area (Å²) >= 11 is 0. The minimum Gasteiger partial charge on any atom is -0.439 e. The fourth-order valence-corrected chi connectivity index (χ4v) is 2.15. The molecule has 0 atom stereocenters. The van der Waals surface area contributed by atoms with Gasteiger partial charge in [0.05, 0.1) is 16.2 Å². The predicted octanol–water partition coefficient (Wildman–Crippen LogP) is 2.46. The van der Waals surface area contributed by atoms with Crippen LogP contribution in [0.1, 0.15) is 16.8 Å². The Hall–Kier alpha value is -2.41. The van der Waals surface area contributed by atoms with Gasteiger partial charge in [0.25, 0.3) is 5.69 Å². The third-order valence-electron chi connectivity index (χ3n) is 3.22. The summed E-state index contributed by atoms with van der Waals surface area (Å²) in [6.45, 7) is 4.34. The van der Waals surface area contributed by atoms with Crippen LogP contribution in [-0.2, 0) is 13.6 Å². The summed E-state index contributed by atoms with van der Waals surface area (Å²) in [4.78, 5) is 10.3. The van der Waals surface area contributed by atoms with Crippen molar-refractivity contribution in [2.75, 3.05) is 7.05 Å². The van der Waals surface area contributed by atoms with Crippen LogP contribution in [0.2, 0.25) is 0 Å².